The highest BCUT2D eigenvalue weighted by molar-refractivity contribution is 4.97. The molecular formula is C9H17FN2. The Bertz CT molecular complexity index is 169. The van der Waals surface area contributed by atoms with E-state index in [-0.39, 0.29) is 5.82 Å². The summed E-state index contributed by atoms with van der Waals surface area (Å²) >= 11 is 0. The van der Waals surface area contributed by atoms with E-state index in [0.29, 0.717) is 5.69 Å². The third-order valence-corrected chi connectivity index (χ3v) is 0.852. The van der Waals surface area contributed by atoms with Gasteiger partial charge < -0.3 is 0 Å². The maximum absolute atomic E-state index is 12.2. The molecule has 0 aromatic carbocycles. The predicted molar refractivity (Wildman–Crippen MR) is 49.4 cm³/mol. The molecule has 0 radical (unpaired) electrons. The Balaban J connectivity index is 0. The highest BCUT2D eigenvalue weighted by atomic mass is 19.1. The first kappa shape index (κ1) is 13.6. The van der Waals surface area contributed by atoms with Gasteiger partial charge in [-0.1, -0.05) is 27.7 Å². The maximum Gasteiger partial charge on any atom is 0.162 e. The summed E-state index contributed by atoms with van der Waals surface area (Å²) in [5.74, 6) is -0.354. The predicted octanol–water partition coefficient (Wildman–Crippen LogP) is 2.98. The SMILES string of the molecule is CC.CC.Cc1ncncc1F. The van der Waals surface area contributed by atoms with Crippen LogP contribution in [0.25, 0.3) is 0 Å². The van der Waals surface area contributed by atoms with Gasteiger partial charge in [0.05, 0.1) is 11.9 Å². The van der Waals surface area contributed by atoms with Crippen LogP contribution in [0.15, 0.2) is 12.5 Å². The van der Waals surface area contributed by atoms with Gasteiger partial charge in [-0.25, -0.2) is 14.4 Å². The standard InChI is InChI=1S/C5H5FN2.2C2H6/c1-4-5(6)2-7-3-8-4;2*1-2/h2-3H,1H3;2*1-2H3. The fraction of sp³-hybridized carbons (Fsp3) is 0.556. The van der Waals surface area contributed by atoms with Crippen molar-refractivity contribution in [1.82, 2.24) is 9.97 Å². The maximum atomic E-state index is 12.2. The number of aryl methyl sites for hydroxylation is 1. The number of rotatable bonds is 0. The summed E-state index contributed by atoms with van der Waals surface area (Å²) in [5.41, 5.74) is 0.389. The molecule has 0 fully saturated rings. The van der Waals surface area contributed by atoms with Crippen molar-refractivity contribution in [3.63, 3.8) is 0 Å². The van der Waals surface area contributed by atoms with Crippen LogP contribution >= 0.6 is 0 Å². The molecule has 1 aromatic rings. The molecule has 2 nitrogen and oxygen atoms in total. The molecule has 12 heavy (non-hydrogen) atoms. The molecule has 0 atom stereocenters. The lowest BCUT2D eigenvalue weighted by atomic mass is 10.4. The fourth-order valence-electron chi connectivity index (χ4n) is 0.374. The second-order valence-corrected chi connectivity index (χ2v) is 1.46. The second kappa shape index (κ2) is 10.0. The quantitative estimate of drug-likeness (QED) is 0.601. The molecule has 0 spiro atoms. The highest BCUT2D eigenvalue weighted by Gasteiger charge is 1.91. The van der Waals surface area contributed by atoms with Gasteiger partial charge >= 0.3 is 0 Å². The molecule has 0 amide bonds. The molecular weight excluding hydrogens is 155 g/mol. The molecule has 0 aliphatic heterocycles. The molecule has 0 aliphatic rings. The lowest BCUT2D eigenvalue weighted by Crippen LogP contribution is -1.86. The van der Waals surface area contributed by atoms with E-state index in [1.165, 1.54) is 6.33 Å². The minimum atomic E-state index is -0.354. The summed E-state index contributed by atoms with van der Waals surface area (Å²) in [6, 6.07) is 0. The van der Waals surface area contributed by atoms with E-state index in [1.54, 1.807) is 6.92 Å². The molecule has 0 saturated heterocycles. The van der Waals surface area contributed by atoms with Crippen LogP contribution in [0, 0.1) is 12.7 Å². The summed E-state index contributed by atoms with van der Waals surface area (Å²) in [4.78, 5) is 7.05. The van der Waals surface area contributed by atoms with E-state index in [0.717, 1.165) is 6.20 Å². The smallest absolute Gasteiger partial charge is 0.162 e. The molecule has 0 aliphatic carbocycles. The van der Waals surface area contributed by atoms with Gasteiger partial charge in [0.15, 0.2) is 5.82 Å². The first-order valence-corrected chi connectivity index (χ1v) is 4.23. The van der Waals surface area contributed by atoms with Crippen molar-refractivity contribution in [3.8, 4) is 0 Å². The van der Waals surface area contributed by atoms with E-state index < -0.39 is 0 Å². The van der Waals surface area contributed by atoms with Gasteiger partial charge in [-0.15, -0.1) is 0 Å². The summed E-state index contributed by atoms with van der Waals surface area (Å²) in [7, 11) is 0. The third-order valence-electron chi connectivity index (χ3n) is 0.852. The van der Waals surface area contributed by atoms with Crippen LogP contribution in [0.4, 0.5) is 4.39 Å². The van der Waals surface area contributed by atoms with Crippen LogP contribution in [0.3, 0.4) is 0 Å². The molecule has 0 unspecified atom stereocenters. The average Bonchev–Trinajstić information content (AvgIpc) is 2.17. The molecule has 3 heteroatoms. The minimum Gasteiger partial charge on any atom is -0.242 e. The summed E-state index contributed by atoms with van der Waals surface area (Å²) in [5, 5.41) is 0. The van der Waals surface area contributed by atoms with Crippen LogP contribution in [0.2, 0.25) is 0 Å². The Morgan fingerprint density at radius 3 is 1.92 bits per heavy atom. The van der Waals surface area contributed by atoms with Crippen molar-refractivity contribution in [3.05, 3.63) is 24.0 Å². The minimum absolute atomic E-state index is 0.354. The van der Waals surface area contributed by atoms with Crippen molar-refractivity contribution >= 4 is 0 Å². The van der Waals surface area contributed by atoms with Gasteiger partial charge in [-0.05, 0) is 6.92 Å². The van der Waals surface area contributed by atoms with E-state index in [4.69, 9.17) is 0 Å². The third kappa shape index (κ3) is 5.77. The van der Waals surface area contributed by atoms with Crippen molar-refractivity contribution in [1.29, 1.82) is 0 Å². The zero-order chi connectivity index (χ0) is 9.98. The van der Waals surface area contributed by atoms with Crippen LogP contribution < -0.4 is 0 Å². The van der Waals surface area contributed by atoms with Crippen molar-refractivity contribution in [2.24, 2.45) is 0 Å². The Hall–Kier alpha value is -0.990. The molecule has 1 rings (SSSR count). The van der Waals surface area contributed by atoms with Gasteiger partial charge in [0.25, 0.3) is 0 Å². The van der Waals surface area contributed by atoms with Gasteiger partial charge in [-0.3, -0.25) is 0 Å². The number of aromatic nitrogens is 2. The van der Waals surface area contributed by atoms with Gasteiger partial charge in [-0.2, -0.15) is 0 Å². The van der Waals surface area contributed by atoms with E-state index in [9.17, 15) is 4.39 Å². The molecule has 0 N–H and O–H groups in total. The normalized spacial score (nSPS) is 7.17. The van der Waals surface area contributed by atoms with E-state index in [2.05, 4.69) is 9.97 Å². The van der Waals surface area contributed by atoms with Gasteiger partial charge in [0, 0.05) is 0 Å². The summed E-state index contributed by atoms with van der Waals surface area (Å²) in [6.45, 7) is 9.59. The van der Waals surface area contributed by atoms with Gasteiger partial charge in [0.2, 0.25) is 0 Å². The monoisotopic (exact) mass is 172 g/mol. The Morgan fingerprint density at radius 1 is 1.17 bits per heavy atom. The van der Waals surface area contributed by atoms with Crippen LogP contribution in [-0.4, -0.2) is 9.97 Å². The van der Waals surface area contributed by atoms with Gasteiger partial charge in [0.1, 0.15) is 6.33 Å². The molecule has 0 saturated carbocycles. The Labute approximate surface area is 73.9 Å². The lowest BCUT2D eigenvalue weighted by Gasteiger charge is -1.87. The van der Waals surface area contributed by atoms with E-state index in [1.807, 2.05) is 27.7 Å². The first-order chi connectivity index (χ1) is 5.80. The topological polar surface area (TPSA) is 25.8 Å². The number of halogens is 1. The largest absolute Gasteiger partial charge is 0.242 e. The molecule has 0 bridgehead atoms. The lowest BCUT2D eigenvalue weighted by molar-refractivity contribution is 0.601. The first-order valence-electron chi connectivity index (χ1n) is 4.23. The van der Waals surface area contributed by atoms with Crippen molar-refractivity contribution in [2.45, 2.75) is 34.6 Å². The van der Waals surface area contributed by atoms with E-state index >= 15 is 0 Å². The number of hydrogen-bond donors (Lipinski definition) is 0. The average molecular weight is 172 g/mol. The summed E-state index contributed by atoms with van der Waals surface area (Å²) < 4.78 is 12.2. The highest BCUT2D eigenvalue weighted by Crippen LogP contribution is 1.95. The second-order valence-electron chi connectivity index (χ2n) is 1.46. The Kier molecular flexibility index (Phi) is 11.3. The summed E-state index contributed by atoms with van der Waals surface area (Å²) in [6.07, 6.45) is 2.46. The zero-order valence-electron chi connectivity index (χ0n) is 8.43. The van der Waals surface area contributed by atoms with Crippen molar-refractivity contribution < 1.29 is 4.39 Å². The molecule has 70 valence electrons. The molecule has 1 aromatic heterocycles. The molecule has 1 heterocycles. The van der Waals surface area contributed by atoms with Crippen LogP contribution in [-0.2, 0) is 0 Å². The van der Waals surface area contributed by atoms with Crippen LogP contribution in [0.5, 0.6) is 0 Å². The van der Waals surface area contributed by atoms with Crippen LogP contribution in [0.1, 0.15) is 33.4 Å². The number of hydrogen-bond acceptors (Lipinski definition) is 2. The number of nitrogens with zero attached hydrogens (tertiary/aromatic N) is 2. The Morgan fingerprint density at radius 2 is 1.67 bits per heavy atom. The zero-order valence-corrected chi connectivity index (χ0v) is 8.43. The fourth-order valence-corrected chi connectivity index (χ4v) is 0.374. The van der Waals surface area contributed by atoms with Crippen molar-refractivity contribution in [2.75, 3.05) is 0 Å².